The van der Waals surface area contributed by atoms with Gasteiger partial charge in [0, 0.05) is 10.5 Å². The molecule has 92 valence electrons. The lowest BCUT2D eigenvalue weighted by atomic mass is 10.2. The van der Waals surface area contributed by atoms with Gasteiger partial charge >= 0.3 is 5.97 Å². The van der Waals surface area contributed by atoms with Crippen LogP contribution in [-0.4, -0.2) is 24.0 Å². The molecule has 1 aromatic rings. The van der Waals surface area contributed by atoms with Crippen LogP contribution in [0.3, 0.4) is 0 Å². The van der Waals surface area contributed by atoms with Crippen molar-refractivity contribution in [2.45, 2.75) is 6.92 Å². The van der Waals surface area contributed by atoms with Gasteiger partial charge in [-0.25, -0.2) is 0 Å². The molecular formula is C10H11BrN2O4. The summed E-state index contributed by atoms with van der Waals surface area (Å²) in [5.41, 5.74) is 0.175. The molecule has 0 spiro atoms. The minimum atomic E-state index is -0.516. The largest absolute Gasteiger partial charge is 0.465 e. The van der Waals surface area contributed by atoms with Crippen LogP contribution >= 0.6 is 15.9 Å². The Morgan fingerprint density at radius 2 is 2.29 bits per heavy atom. The molecule has 0 bridgehead atoms. The lowest BCUT2D eigenvalue weighted by Crippen LogP contribution is -2.17. The number of esters is 1. The Kier molecular flexibility index (Phi) is 4.89. The predicted molar refractivity (Wildman–Crippen MR) is 65.9 cm³/mol. The summed E-state index contributed by atoms with van der Waals surface area (Å²) in [4.78, 5) is 21.4. The van der Waals surface area contributed by atoms with Crippen LogP contribution in [0.5, 0.6) is 0 Å². The fourth-order valence-electron chi connectivity index (χ4n) is 1.21. The zero-order valence-electron chi connectivity index (χ0n) is 9.10. The highest BCUT2D eigenvalue weighted by Crippen LogP contribution is 2.31. The summed E-state index contributed by atoms with van der Waals surface area (Å²) in [6, 6.07) is 4.57. The van der Waals surface area contributed by atoms with E-state index < -0.39 is 10.9 Å². The number of benzene rings is 1. The first-order valence-corrected chi connectivity index (χ1v) is 5.68. The number of nitrogens with one attached hydrogen (secondary N) is 1. The van der Waals surface area contributed by atoms with E-state index in [-0.39, 0.29) is 24.5 Å². The second kappa shape index (κ2) is 6.19. The number of para-hydroxylation sites is 1. The predicted octanol–water partition coefficient (Wildman–Crippen LogP) is 2.33. The molecule has 0 amide bonds. The van der Waals surface area contributed by atoms with E-state index in [1.165, 1.54) is 6.07 Å². The molecule has 1 N–H and O–H groups in total. The molecule has 0 radical (unpaired) electrons. The van der Waals surface area contributed by atoms with Crippen LogP contribution in [-0.2, 0) is 9.53 Å². The lowest BCUT2D eigenvalue weighted by molar-refractivity contribution is -0.384. The molecule has 0 saturated heterocycles. The maximum absolute atomic E-state index is 11.1. The number of rotatable bonds is 5. The van der Waals surface area contributed by atoms with E-state index in [1.54, 1.807) is 19.1 Å². The van der Waals surface area contributed by atoms with E-state index in [4.69, 9.17) is 4.74 Å². The minimum Gasteiger partial charge on any atom is -0.465 e. The standard InChI is InChI=1S/C10H11BrN2O4/c1-2-17-9(14)6-12-10-7(11)4-3-5-8(10)13(15)16/h3-5,12H,2,6H2,1H3. The molecule has 0 atom stereocenters. The van der Waals surface area contributed by atoms with Crippen molar-refractivity contribution in [1.29, 1.82) is 0 Å². The topological polar surface area (TPSA) is 81.5 Å². The van der Waals surface area contributed by atoms with Crippen LogP contribution in [0.4, 0.5) is 11.4 Å². The molecular weight excluding hydrogens is 292 g/mol. The number of anilines is 1. The van der Waals surface area contributed by atoms with E-state index in [0.29, 0.717) is 4.47 Å². The minimum absolute atomic E-state index is 0.0938. The summed E-state index contributed by atoms with van der Waals surface area (Å²) in [5, 5.41) is 13.5. The molecule has 1 rings (SSSR count). The number of hydrogen-bond donors (Lipinski definition) is 1. The summed E-state index contributed by atoms with van der Waals surface area (Å²) in [6.07, 6.45) is 0. The van der Waals surface area contributed by atoms with Crippen LogP contribution in [0.25, 0.3) is 0 Å². The van der Waals surface area contributed by atoms with Crippen LogP contribution in [0.2, 0.25) is 0 Å². The Bertz CT molecular complexity index is 436. The number of carbonyl (C=O) groups excluding carboxylic acids is 1. The molecule has 17 heavy (non-hydrogen) atoms. The summed E-state index contributed by atoms with van der Waals surface area (Å²) in [6.45, 7) is 1.86. The van der Waals surface area contributed by atoms with Crippen molar-refractivity contribution in [2.24, 2.45) is 0 Å². The normalized spacial score (nSPS) is 9.76. The number of carbonyl (C=O) groups is 1. The Balaban J connectivity index is 2.82. The Labute approximate surface area is 106 Å². The lowest BCUT2D eigenvalue weighted by Gasteiger charge is -2.08. The number of nitro benzene ring substituents is 1. The quantitative estimate of drug-likeness (QED) is 0.513. The molecule has 0 aliphatic heterocycles. The second-order valence-corrected chi connectivity index (χ2v) is 3.90. The van der Waals surface area contributed by atoms with Gasteiger partial charge in [0.1, 0.15) is 12.2 Å². The zero-order chi connectivity index (χ0) is 12.8. The van der Waals surface area contributed by atoms with Gasteiger partial charge in [0.2, 0.25) is 0 Å². The summed E-state index contributed by atoms with van der Waals surface area (Å²) in [7, 11) is 0. The SMILES string of the molecule is CCOC(=O)CNc1c(Br)cccc1[N+](=O)[O-]. The van der Waals surface area contributed by atoms with Gasteiger partial charge in [0.25, 0.3) is 5.69 Å². The first-order chi connectivity index (χ1) is 8.06. The third-order valence-corrected chi connectivity index (χ3v) is 2.56. The number of nitrogens with zero attached hydrogens (tertiary/aromatic N) is 1. The van der Waals surface area contributed by atoms with Gasteiger partial charge in [-0.05, 0) is 28.9 Å². The molecule has 6 nitrogen and oxygen atoms in total. The van der Waals surface area contributed by atoms with E-state index in [2.05, 4.69) is 21.2 Å². The van der Waals surface area contributed by atoms with Crippen LogP contribution < -0.4 is 5.32 Å². The van der Waals surface area contributed by atoms with Gasteiger partial charge in [-0.3, -0.25) is 14.9 Å². The molecule has 0 aromatic heterocycles. The highest BCUT2D eigenvalue weighted by atomic mass is 79.9. The maximum atomic E-state index is 11.1. The second-order valence-electron chi connectivity index (χ2n) is 3.05. The fraction of sp³-hybridized carbons (Fsp3) is 0.300. The Morgan fingerprint density at radius 1 is 1.59 bits per heavy atom. The van der Waals surface area contributed by atoms with Gasteiger partial charge in [-0.15, -0.1) is 0 Å². The van der Waals surface area contributed by atoms with Crippen molar-refractivity contribution in [3.63, 3.8) is 0 Å². The van der Waals surface area contributed by atoms with Crippen LogP contribution in [0.15, 0.2) is 22.7 Å². The van der Waals surface area contributed by atoms with Crippen LogP contribution in [0.1, 0.15) is 6.92 Å². The van der Waals surface area contributed by atoms with Crippen LogP contribution in [0, 0.1) is 10.1 Å². The number of halogens is 1. The average Bonchev–Trinajstić information content (AvgIpc) is 2.27. The maximum Gasteiger partial charge on any atom is 0.325 e. The van der Waals surface area contributed by atoms with Crippen molar-refractivity contribution in [1.82, 2.24) is 0 Å². The number of nitro groups is 1. The molecule has 1 aromatic carbocycles. The highest BCUT2D eigenvalue weighted by Gasteiger charge is 2.16. The first-order valence-electron chi connectivity index (χ1n) is 4.88. The van der Waals surface area contributed by atoms with Gasteiger partial charge in [-0.2, -0.15) is 0 Å². The van der Waals surface area contributed by atoms with Crippen molar-refractivity contribution < 1.29 is 14.5 Å². The zero-order valence-corrected chi connectivity index (χ0v) is 10.7. The molecule has 7 heteroatoms. The van der Waals surface area contributed by atoms with Crippen molar-refractivity contribution >= 4 is 33.3 Å². The molecule has 0 aliphatic rings. The van der Waals surface area contributed by atoms with Gasteiger partial charge < -0.3 is 10.1 Å². The number of hydrogen-bond acceptors (Lipinski definition) is 5. The number of ether oxygens (including phenoxy) is 1. The van der Waals surface area contributed by atoms with Gasteiger partial charge in [-0.1, -0.05) is 6.07 Å². The Hall–Kier alpha value is -1.63. The summed E-state index contributed by atoms with van der Waals surface area (Å²) in [5.74, 6) is -0.461. The van der Waals surface area contributed by atoms with Gasteiger partial charge in [0.05, 0.1) is 11.5 Å². The van der Waals surface area contributed by atoms with Gasteiger partial charge in [0.15, 0.2) is 0 Å². The smallest absolute Gasteiger partial charge is 0.325 e. The van der Waals surface area contributed by atoms with Crippen molar-refractivity contribution in [3.05, 3.63) is 32.8 Å². The monoisotopic (exact) mass is 302 g/mol. The molecule has 0 heterocycles. The average molecular weight is 303 g/mol. The molecule has 0 aliphatic carbocycles. The first kappa shape index (κ1) is 13.4. The summed E-state index contributed by atoms with van der Waals surface area (Å²) >= 11 is 3.19. The highest BCUT2D eigenvalue weighted by molar-refractivity contribution is 9.10. The summed E-state index contributed by atoms with van der Waals surface area (Å²) < 4.78 is 5.24. The Morgan fingerprint density at radius 3 is 2.88 bits per heavy atom. The molecule has 0 fully saturated rings. The third-order valence-electron chi connectivity index (χ3n) is 1.90. The van der Waals surface area contributed by atoms with E-state index in [9.17, 15) is 14.9 Å². The third kappa shape index (κ3) is 3.70. The van der Waals surface area contributed by atoms with Crippen molar-refractivity contribution in [2.75, 3.05) is 18.5 Å². The van der Waals surface area contributed by atoms with Crippen molar-refractivity contribution in [3.8, 4) is 0 Å². The molecule has 0 saturated carbocycles. The van der Waals surface area contributed by atoms with E-state index >= 15 is 0 Å². The fourth-order valence-corrected chi connectivity index (χ4v) is 1.71. The van der Waals surface area contributed by atoms with E-state index in [1.807, 2.05) is 0 Å². The van der Waals surface area contributed by atoms with E-state index in [0.717, 1.165) is 0 Å². The molecule has 0 unspecified atom stereocenters.